The van der Waals surface area contributed by atoms with Crippen LogP contribution in [-0.2, 0) is 9.53 Å². The minimum Gasteiger partial charge on any atom is -0.487 e. The molecule has 112 valence electrons. The summed E-state index contributed by atoms with van der Waals surface area (Å²) in [6, 6.07) is 5.34. The van der Waals surface area contributed by atoms with Gasteiger partial charge in [-0.1, -0.05) is 11.6 Å². The molecule has 1 atom stereocenters. The van der Waals surface area contributed by atoms with Crippen molar-refractivity contribution in [2.75, 3.05) is 13.7 Å². The van der Waals surface area contributed by atoms with Crippen LogP contribution in [0.25, 0.3) is 10.9 Å². The van der Waals surface area contributed by atoms with E-state index in [1.165, 1.54) is 14.0 Å². The van der Waals surface area contributed by atoms with Crippen molar-refractivity contribution in [3.8, 4) is 5.75 Å². The summed E-state index contributed by atoms with van der Waals surface area (Å²) >= 11 is 8.24. The van der Waals surface area contributed by atoms with Gasteiger partial charge in [-0.3, -0.25) is 4.98 Å². The van der Waals surface area contributed by atoms with Crippen LogP contribution < -0.4 is 4.74 Å². The van der Waals surface area contributed by atoms with Gasteiger partial charge >= 0.3 is 5.97 Å². The molecule has 21 heavy (non-hydrogen) atoms. The maximum atomic E-state index is 11.5. The van der Waals surface area contributed by atoms with Crippen LogP contribution in [0.4, 0.5) is 0 Å². The second kappa shape index (κ2) is 6.33. The van der Waals surface area contributed by atoms with E-state index in [9.17, 15) is 9.90 Å². The molecule has 0 saturated carbocycles. The fourth-order valence-electron chi connectivity index (χ4n) is 1.78. The Balaban J connectivity index is 2.37. The zero-order valence-corrected chi connectivity index (χ0v) is 14.3. The lowest BCUT2D eigenvalue weighted by atomic mass is 10.1. The van der Waals surface area contributed by atoms with Gasteiger partial charge in [-0.25, -0.2) is 4.79 Å². The zero-order chi connectivity index (χ0) is 15.6. The summed E-state index contributed by atoms with van der Waals surface area (Å²) in [5.41, 5.74) is -1.16. The summed E-state index contributed by atoms with van der Waals surface area (Å²) in [6.07, 6.45) is 1.63. The number of esters is 1. The third-order valence-corrected chi connectivity index (χ3v) is 3.99. The number of aliphatic hydroxyl groups is 1. The predicted molar refractivity (Wildman–Crippen MR) is 87.6 cm³/mol. The van der Waals surface area contributed by atoms with Crippen LogP contribution in [-0.4, -0.2) is 35.4 Å². The molecule has 2 aromatic rings. The number of pyridine rings is 1. The Labute approximate surface area is 140 Å². The van der Waals surface area contributed by atoms with E-state index in [0.29, 0.717) is 16.3 Å². The van der Waals surface area contributed by atoms with Gasteiger partial charge < -0.3 is 14.6 Å². The SMILES string of the molecule is COC(=O)C(C)(O)COc1c(I)cc(Cl)c2cccnc12. The summed E-state index contributed by atoms with van der Waals surface area (Å²) < 4.78 is 10.9. The fraction of sp³-hybridized carbons (Fsp3) is 0.286. The molecule has 0 spiro atoms. The average molecular weight is 422 g/mol. The number of carbonyl (C=O) groups excluding carboxylic acids is 1. The number of hydrogen-bond donors (Lipinski definition) is 1. The highest BCUT2D eigenvalue weighted by molar-refractivity contribution is 14.1. The molecule has 0 aliphatic rings. The van der Waals surface area contributed by atoms with Crippen molar-refractivity contribution in [1.29, 1.82) is 0 Å². The van der Waals surface area contributed by atoms with Gasteiger partial charge in [0.1, 0.15) is 12.1 Å². The van der Waals surface area contributed by atoms with Crippen LogP contribution in [0, 0.1) is 3.57 Å². The van der Waals surface area contributed by atoms with Crippen molar-refractivity contribution in [2.45, 2.75) is 12.5 Å². The summed E-state index contributed by atoms with van der Waals surface area (Å²) in [5, 5.41) is 11.3. The number of hydrogen-bond acceptors (Lipinski definition) is 5. The van der Waals surface area contributed by atoms with E-state index in [-0.39, 0.29) is 6.61 Å². The van der Waals surface area contributed by atoms with E-state index in [1.807, 2.05) is 6.07 Å². The molecular weight excluding hydrogens is 409 g/mol. The van der Waals surface area contributed by atoms with E-state index in [0.717, 1.165) is 8.96 Å². The highest BCUT2D eigenvalue weighted by Gasteiger charge is 2.33. The first kappa shape index (κ1) is 16.3. The first-order chi connectivity index (χ1) is 9.86. The molecule has 0 aliphatic carbocycles. The van der Waals surface area contributed by atoms with Crippen molar-refractivity contribution in [3.63, 3.8) is 0 Å². The standard InChI is InChI=1S/C14H13ClINO4/c1-14(19,13(18)20-2)7-21-12-10(16)6-9(15)8-4-3-5-17-11(8)12/h3-6,19H,7H2,1-2H3. The Morgan fingerprint density at radius 1 is 1.57 bits per heavy atom. The van der Waals surface area contributed by atoms with Gasteiger partial charge in [-0.05, 0) is 47.7 Å². The topological polar surface area (TPSA) is 68.7 Å². The summed E-state index contributed by atoms with van der Waals surface area (Å²) in [4.78, 5) is 15.7. The molecule has 1 N–H and O–H groups in total. The first-order valence-corrected chi connectivity index (χ1v) is 7.49. The third-order valence-electron chi connectivity index (χ3n) is 2.87. The molecule has 1 unspecified atom stereocenters. The molecule has 0 radical (unpaired) electrons. The monoisotopic (exact) mass is 421 g/mol. The Morgan fingerprint density at radius 3 is 2.95 bits per heavy atom. The van der Waals surface area contributed by atoms with Gasteiger partial charge in [-0.2, -0.15) is 0 Å². The van der Waals surface area contributed by atoms with Gasteiger partial charge in [-0.15, -0.1) is 0 Å². The molecule has 1 heterocycles. The highest BCUT2D eigenvalue weighted by atomic mass is 127. The van der Waals surface area contributed by atoms with Gasteiger partial charge in [0.2, 0.25) is 0 Å². The van der Waals surface area contributed by atoms with Gasteiger partial charge in [0.25, 0.3) is 0 Å². The number of ether oxygens (including phenoxy) is 2. The van der Waals surface area contributed by atoms with Crippen LogP contribution >= 0.6 is 34.2 Å². The number of nitrogens with zero attached hydrogens (tertiary/aromatic N) is 1. The molecular formula is C14H13ClINO4. The lowest BCUT2D eigenvalue weighted by Gasteiger charge is -2.21. The number of halogens is 2. The maximum absolute atomic E-state index is 11.5. The Bertz CT molecular complexity index is 690. The second-order valence-electron chi connectivity index (χ2n) is 4.62. The summed E-state index contributed by atoms with van der Waals surface area (Å²) in [7, 11) is 1.21. The first-order valence-electron chi connectivity index (χ1n) is 6.03. The molecule has 0 amide bonds. The molecule has 0 aliphatic heterocycles. The largest absolute Gasteiger partial charge is 0.487 e. The summed E-state index contributed by atoms with van der Waals surface area (Å²) in [6.45, 7) is 1.08. The lowest BCUT2D eigenvalue weighted by Crippen LogP contribution is -2.42. The van der Waals surface area contributed by atoms with E-state index in [1.54, 1.807) is 18.3 Å². The molecule has 2 rings (SSSR count). The van der Waals surface area contributed by atoms with E-state index in [4.69, 9.17) is 16.3 Å². The van der Waals surface area contributed by atoms with Gasteiger partial charge in [0, 0.05) is 11.6 Å². The average Bonchev–Trinajstić information content (AvgIpc) is 2.46. The number of methoxy groups -OCH3 is 1. The van der Waals surface area contributed by atoms with Crippen LogP contribution in [0.5, 0.6) is 5.75 Å². The van der Waals surface area contributed by atoms with Crippen LogP contribution in [0.1, 0.15) is 6.92 Å². The molecule has 0 bridgehead atoms. The normalized spacial score (nSPS) is 13.8. The Hall–Kier alpha value is -1.12. The smallest absolute Gasteiger partial charge is 0.341 e. The van der Waals surface area contributed by atoms with E-state index in [2.05, 4.69) is 32.3 Å². The van der Waals surface area contributed by atoms with Gasteiger partial charge in [0.05, 0.1) is 15.7 Å². The minimum absolute atomic E-state index is 0.247. The van der Waals surface area contributed by atoms with Crippen LogP contribution in [0.3, 0.4) is 0 Å². The summed E-state index contributed by atoms with van der Waals surface area (Å²) in [5.74, 6) is -0.288. The third kappa shape index (κ3) is 3.38. The highest BCUT2D eigenvalue weighted by Crippen LogP contribution is 2.35. The van der Waals surface area contributed by atoms with Crippen LogP contribution in [0.15, 0.2) is 24.4 Å². The number of fused-ring (bicyclic) bond motifs is 1. The number of benzene rings is 1. The van der Waals surface area contributed by atoms with Crippen molar-refractivity contribution in [2.24, 2.45) is 0 Å². The fourth-order valence-corrected chi connectivity index (χ4v) is 2.94. The lowest BCUT2D eigenvalue weighted by molar-refractivity contribution is -0.163. The molecule has 5 nitrogen and oxygen atoms in total. The van der Waals surface area contributed by atoms with Crippen molar-refractivity contribution < 1.29 is 19.4 Å². The number of carbonyl (C=O) groups is 1. The maximum Gasteiger partial charge on any atom is 0.341 e. The Morgan fingerprint density at radius 2 is 2.29 bits per heavy atom. The number of rotatable bonds is 4. The van der Waals surface area contributed by atoms with Crippen molar-refractivity contribution in [3.05, 3.63) is 33.0 Å². The zero-order valence-electron chi connectivity index (χ0n) is 11.4. The molecule has 0 saturated heterocycles. The van der Waals surface area contributed by atoms with Crippen LogP contribution in [0.2, 0.25) is 5.02 Å². The minimum atomic E-state index is -1.74. The predicted octanol–water partition coefficient (Wildman–Crippen LogP) is 2.80. The molecule has 7 heteroatoms. The quantitative estimate of drug-likeness (QED) is 0.607. The molecule has 1 aromatic heterocycles. The Kier molecular flexibility index (Phi) is 4.90. The van der Waals surface area contributed by atoms with E-state index >= 15 is 0 Å². The van der Waals surface area contributed by atoms with Crippen molar-refractivity contribution in [1.82, 2.24) is 4.98 Å². The molecule has 0 fully saturated rings. The number of aromatic nitrogens is 1. The van der Waals surface area contributed by atoms with Gasteiger partial charge in [0.15, 0.2) is 11.4 Å². The second-order valence-corrected chi connectivity index (χ2v) is 6.19. The van der Waals surface area contributed by atoms with E-state index < -0.39 is 11.6 Å². The van der Waals surface area contributed by atoms with Crippen molar-refractivity contribution >= 4 is 51.1 Å². The molecule has 1 aromatic carbocycles.